The van der Waals surface area contributed by atoms with E-state index in [1.54, 1.807) is 0 Å². The Morgan fingerprint density at radius 3 is 2.35 bits per heavy atom. The lowest BCUT2D eigenvalue weighted by Gasteiger charge is -2.30. The van der Waals surface area contributed by atoms with E-state index in [9.17, 15) is 9.59 Å². The van der Waals surface area contributed by atoms with Crippen molar-refractivity contribution in [1.82, 2.24) is 0 Å². The molecule has 0 radical (unpaired) electrons. The molecule has 2 rings (SSSR count). The van der Waals surface area contributed by atoms with E-state index in [1.807, 2.05) is 20.8 Å². The van der Waals surface area contributed by atoms with Crippen molar-refractivity contribution >= 4 is 11.9 Å². The molecule has 0 N–H and O–H groups in total. The van der Waals surface area contributed by atoms with Gasteiger partial charge in [-0.25, -0.2) is 0 Å². The Morgan fingerprint density at radius 1 is 1.19 bits per heavy atom. The second-order valence-electron chi connectivity index (χ2n) is 11.0. The highest BCUT2D eigenvalue weighted by Crippen LogP contribution is 2.51. The maximum Gasteiger partial charge on any atom is 0.311 e. The van der Waals surface area contributed by atoms with Crippen LogP contribution in [0, 0.1) is 34.5 Å². The predicted octanol–water partition coefficient (Wildman–Crippen LogP) is 6.28. The standard InChI is InChI=1S/C27H42O4/c1-17-10-11-23(19(3)15-30-21(5)28)24(17)14-27(9)13-12-22(20(27)4)18(2)16-31-25(29)26(6,7)8/h10,14,18-19,22-23H,4,11-13,15-16H2,1-3,5-9H3/b24-14-/t18-,19+,22-,23+,27-/m1/s1. The summed E-state index contributed by atoms with van der Waals surface area (Å²) in [5, 5.41) is 0. The molecule has 0 aromatic heterocycles. The zero-order valence-electron chi connectivity index (χ0n) is 20.8. The van der Waals surface area contributed by atoms with Crippen molar-refractivity contribution in [3.05, 3.63) is 35.5 Å². The van der Waals surface area contributed by atoms with E-state index < -0.39 is 5.41 Å². The highest BCUT2D eigenvalue weighted by molar-refractivity contribution is 5.75. The molecule has 0 heterocycles. The van der Waals surface area contributed by atoms with Gasteiger partial charge < -0.3 is 9.47 Å². The van der Waals surface area contributed by atoms with Crippen molar-refractivity contribution in [3.8, 4) is 0 Å². The predicted molar refractivity (Wildman–Crippen MR) is 125 cm³/mol. The van der Waals surface area contributed by atoms with Gasteiger partial charge in [0.1, 0.15) is 0 Å². The Kier molecular flexibility index (Phi) is 7.99. The van der Waals surface area contributed by atoms with Crippen molar-refractivity contribution in [3.63, 3.8) is 0 Å². The second-order valence-corrected chi connectivity index (χ2v) is 11.0. The number of esters is 2. The molecule has 0 spiro atoms. The van der Waals surface area contributed by atoms with Crippen LogP contribution in [0.4, 0.5) is 0 Å². The fourth-order valence-electron chi connectivity index (χ4n) is 4.86. The quantitative estimate of drug-likeness (QED) is 0.352. The van der Waals surface area contributed by atoms with Gasteiger partial charge in [-0.1, -0.05) is 50.6 Å². The highest BCUT2D eigenvalue weighted by atomic mass is 16.5. The minimum Gasteiger partial charge on any atom is -0.466 e. The summed E-state index contributed by atoms with van der Waals surface area (Å²) in [5.74, 6) is 0.862. The Balaban J connectivity index is 2.10. The van der Waals surface area contributed by atoms with E-state index in [2.05, 4.69) is 46.4 Å². The van der Waals surface area contributed by atoms with E-state index in [0.717, 1.165) is 19.3 Å². The van der Waals surface area contributed by atoms with Crippen LogP contribution in [0.2, 0.25) is 0 Å². The van der Waals surface area contributed by atoms with Gasteiger partial charge in [0.25, 0.3) is 0 Å². The van der Waals surface area contributed by atoms with Gasteiger partial charge in [0.2, 0.25) is 0 Å². The Labute approximate surface area is 189 Å². The first-order valence-electron chi connectivity index (χ1n) is 11.7. The zero-order chi connectivity index (χ0) is 23.6. The molecule has 4 nitrogen and oxygen atoms in total. The van der Waals surface area contributed by atoms with E-state index >= 15 is 0 Å². The Hall–Kier alpha value is -1.84. The number of ether oxygens (including phenoxy) is 2. The third-order valence-corrected chi connectivity index (χ3v) is 7.18. The fraction of sp³-hybridized carbons (Fsp3) is 0.704. The molecular formula is C27H42O4. The molecule has 5 atom stereocenters. The van der Waals surface area contributed by atoms with Crippen LogP contribution in [0.15, 0.2) is 35.5 Å². The largest absolute Gasteiger partial charge is 0.466 e. The number of carbonyl (C=O) groups excluding carboxylic acids is 2. The number of hydrogen-bond acceptors (Lipinski definition) is 4. The van der Waals surface area contributed by atoms with Crippen molar-refractivity contribution in [2.75, 3.05) is 13.2 Å². The molecule has 0 aliphatic heterocycles. The molecule has 0 amide bonds. The van der Waals surface area contributed by atoms with Crippen LogP contribution in [-0.4, -0.2) is 25.2 Å². The lowest BCUT2D eigenvalue weighted by Crippen LogP contribution is -2.27. The molecule has 0 bridgehead atoms. The molecule has 2 aliphatic carbocycles. The van der Waals surface area contributed by atoms with Crippen LogP contribution in [0.25, 0.3) is 0 Å². The minimum atomic E-state index is -0.477. The first kappa shape index (κ1) is 25.4. The van der Waals surface area contributed by atoms with E-state index in [1.165, 1.54) is 23.6 Å². The monoisotopic (exact) mass is 430 g/mol. The molecule has 31 heavy (non-hydrogen) atoms. The third kappa shape index (κ3) is 6.11. The average molecular weight is 431 g/mol. The van der Waals surface area contributed by atoms with E-state index in [4.69, 9.17) is 9.47 Å². The van der Waals surface area contributed by atoms with Gasteiger partial charge in [-0.15, -0.1) is 0 Å². The summed E-state index contributed by atoms with van der Waals surface area (Å²) in [4.78, 5) is 23.4. The van der Waals surface area contributed by atoms with Crippen LogP contribution >= 0.6 is 0 Å². The van der Waals surface area contributed by atoms with Crippen LogP contribution in [0.1, 0.15) is 74.7 Å². The Morgan fingerprint density at radius 2 is 1.77 bits per heavy atom. The minimum absolute atomic E-state index is 0.0683. The number of hydrogen-bond donors (Lipinski definition) is 0. The normalized spacial score (nSPS) is 29.6. The van der Waals surface area contributed by atoms with Crippen molar-refractivity contribution < 1.29 is 19.1 Å². The highest BCUT2D eigenvalue weighted by Gasteiger charge is 2.41. The molecule has 1 saturated carbocycles. The number of carbonyl (C=O) groups is 2. The summed E-state index contributed by atoms with van der Waals surface area (Å²) in [5.41, 5.74) is 3.39. The van der Waals surface area contributed by atoms with Crippen LogP contribution in [-0.2, 0) is 19.1 Å². The summed E-state index contributed by atoms with van der Waals surface area (Å²) in [6.07, 6.45) is 7.83. The first-order valence-corrected chi connectivity index (χ1v) is 11.7. The van der Waals surface area contributed by atoms with Gasteiger partial charge in [-0.2, -0.15) is 0 Å². The van der Waals surface area contributed by atoms with Crippen LogP contribution in [0.5, 0.6) is 0 Å². The van der Waals surface area contributed by atoms with Gasteiger partial charge in [-0.3, -0.25) is 9.59 Å². The number of rotatable bonds is 7. The molecular weight excluding hydrogens is 388 g/mol. The molecule has 0 saturated heterocycles. The summed E-state index contributed by atoms with van der Waals surface area (Å²) in [6.45, 7) is 21.3. The summed E-state index contributed by atoms with van der Waals surface area (Å²) < 4.78 is 10.9. The van der Waals surface area contributed by atoms with Crippen molar-refractivity contribution in [1.29, 1.82) is 0 Å². The topological polar surface area (TPSA) is 52.6 Å². The number of allylic oxidation sites excluding steroid dienone is 5. The maximum absolute atomic E-state index is 12.2. The molecule has 174 valence electrons. The maximum atomic E-state index is 12.2. The lowest BCUT2D eigenvalue weighted by atomic mass is 9.76. The van der Waals surface area contributed by atoms with Gasteiger partial charge in [0.05, 0.1) is 18.6 Å². The molecule has 2 aliphatic rings. The van der Waals surface area contributed by atoms with Gasteiger partial charge in [0, 0.05) is 12.3 Å². The Bertz CT molecular complexity index is 767. The third-order valence-electron chi connectivity index (χ3n) is 7.18. The van der Waals surface area contributed by atoms with E-state index in [-0.39, 0.29) is 29.2 Å². The van der Waals surface area contributed by atoms with Gasteiger partial charge in [0.15, 0.2) is 0 Å². The van der Waals surface area contributed by atoms with Crippen molar-refractivity contribution in [2.45, 2.75) is 74.7 Å². The smallest absolute Gasteiger partial charge is 0.311 e. The SMILES string of the molecule is C=C1[C@@H]([C@H](C)COC(=O)C(C)(C)C)CC[C@]1(C)/C=C1/C(C)=CC[C@H]1[C@@H](C)COC(C)=O. The average Bonchev–Trinajstić information content (AvgIpc) is 3.17. The zero-order valence-corrected chi connectivity index (χ0v) is 20.8. The van der Waals surface area contributed by atoms with Crippen LogP contribution in [0.3, 0.4) is 0 Å². The summed E-state index contributed by atoms with van der Waals surface area (Å²) >= 11 is 0. The molecule has 0 aromatic rings. The van der Waals surface area contributed by atoms with Gasteiger partial charge >= 0.3 is 11.9 Å². The molecule has 0 unspecified atom stereocenters. The van der Waals surface area contributed by atoms with Crippen molar-refractivity contribution in [2.24, 2.45) is 34.5 Å². The molecule has 0 aromatic carbocycles. The second kappa shape index (κ2) is 9.75. The van der Waals surface area contributed by atoms with E-state index in [0.29, 0.717) is 25.0 Å². The van der Waals surface area contributed by atoms with Crippen LogP contribution < -0.4 is 0 Å². The first-order chi connectivity index (χ1) is 14.3. The van der Waals surface area contributed by atoms with Gasteiger partial charge in [-0.05, 0) is 76.2 Å². The summed E-state index contributed by atoms with van der Waals surface area (Å²) in [6, 6.07) is 0. The lowest BCUT2D eigenvalue weighted by molar-refractivity contribution is -0.154. The molecule has 4 heteroatoms. The summed E-state index contributed by atoms with van der Waals surface area (Å²) in [7, 11) is 0. The fourth-order valence-corrected chi connectivity index (χ4v) is 4.86. The molecule has 1 fully saturated rings.